The molecule has 0 aliphatic carbocycles. The molecular formula is C14H16N2O6. The van der Waals surface area contributed by atoms with Crippen molar-refractivity contribution in [1.29, 1.82) is 0 Å². The number of nitrogens with two attached hydrogens (primary N) is 1. The van der Waals surface area contributed by atoms with Crippen molar-refractivity contribution in [2.24, 2.45) is 5.73 Å². The Hall–Kier alpha value is -2.90. The summed E-state index contributed by atoms with van der Waals surface area (Å²) in [6, 6.07) is 4.59. The lowest BCUT2D eigenvalue weighted by molar-refractivity contribution is -0.137. The first-order valence-corrected chi connectivity index (χ1v) is 6.40. The minimum atomic E-state index is -1.09. The third-order valence-electron chi connectivity index (χ3n) is 2.67. The van der Waals surface area contributed by atoms with E-state index in [-0.39, 0.29) is 24.2 Å². The van der Waals surface area contributed by atoms with Crippen LogP contribution in [0, 0.1) is 0 Å². The minimum absolute atomic E-state index is 0.0953. The van der Waals surface area contributed by atoms with Gasteiger partial charge in [0, 0.05) is 18.9 Å². The number of carboxylic acid groups (broad SMARTS) is 1. The van der Waals surface area contributed by atoms with Gasteiger partial charge in [0.2, 0.25) is 5.91 Å². The fourth-order valence-corrected chi connectivity index (χ4v) is 1.64. The molecule has 0 aliphatic rings. The molecule has 4 N–H and O–H groups in total. The van der Waals surface area contributed by atoms with Crippen LogP contribution in [0.15, 0.2) is 24.3 Å². The van der Waals surface area contributed by atoms with Gasteiger partial charge in [0.05, 0.1) is 0 Å². The van der Waals surface area contributed by atoms with E-state index in [0.717, 1.165) is 0 Å². The number of ether oxygens (including phenoxy) is 1. The van der Waals surface area contributed by atoms with E-state index in [0.29, 0.717) is 0 Å². The molecule has 0 fully saturated rings. The van der Waals surface area contributed by atoms with Gasteiger partial charge in [0.1, 0.15) is 11.8 Å². The summed E-state index contributed by atoms with van der Waals surface area (Å²) in [5.41, 5.74) is 5.34. The molecule has 0 bridgehead atoms. The average molecular weight is 308 g/mol. The predicted octanol–water partition coefficient (Wildman–Crippen LogP) is 0.0604. The summed E-state index contributed by atoms with van der Waals surface area (Å²) < 4.78 is 4.82. The van der Waals surface area contributed by atoms with Crippen LogP contribution < -0.4 is 15.8 Å². The number of carboxylic acids is 1. The monoisotopic (exact) mass is 308 g/mol. The molecule has 118 valence electrons. The van der Waals surface area contributed by atoms with E-state index in [2.05, 4.69) is 5.32 Å². The van der Waals surface area contributed by atoms with E-state index in [4.69, 9.17) is 15.6 Å². The van der Waals surface area contributed by atoms with Crippen molar-refractivity contribution in [3.05, 3.63) is 29.8 Å². The normalized spacial score (nSPS) is 11.3. The van der Waals surface area contributed by atoms with Gasteiger partial charge in [-0.3, -0.25) is 19.2 Å². The van der Waals surface area contributed by atoms with Crippen LogP contribution in [-0.2, 0) is 14.4 Å². The summed E-state index contributed by atoms with van der Waals surface area (Å²) in [4.78, 5) is 44.5. The Morgan fingerprint density at radius 2 is 1.82 bits per heavy atom. The predicted molar refractivity (Wildman–Crippen MR) is 75.1 cm³/mol. The summed E-state index contributed by atoms with van der Waals surface area (Å²) in [6.45, 7) is 1.25. The molecule has 0 radical (unpaired) electrons. The molecule has 0 saturated heterocycles. The Morgan fingerprint density at radius 1 is 1.23 bits per heavy atom. The van der Waals surface area contributed by atoms with Gasteiger partial charge in [-0.2, -0.15) is 0 Å². The highest BCUT2D eigenvalue weighted by atomic mass is 16.5. The first-order valence-electron chi connectivity index (χ1n) is 6.40. The number of benzene rings is 1. The van der Waals surface area contributed by atoms with Crippen molar-refractivity contribution >= 4 is 23.8 Å². The van der Waals surface area contributed by atoms with Gasteiger partial charge in [0.25, 0.3) is 5.91 Å². The fourth-order valence-electron chi connectivity index (χ4n) is 1.64. The lowest BCUT2D eigenvalue weighted by Crippen LogP contribution is -2.44. The van der Waals surface area contributed by atoms with Crippen LogP contribution in [0.2, 0.25) is 0 Å². The maximum Gasteiger partial charge on any atom is 0.308 e. The zero-order valence-electron chi connectivity index (χ0n) is 11.9. The summed E-state index contributed by atoms with van der Waals surface area (Å²) in [5, 5.41) is 11.0. The molecule has 0 aromatic heterocycles. The smallest absolute Gasteiger partial charge is 0.308 e. The Kier molecular flexibility index (Phi) is 6.06. The van der Waals surface area contributed by atoms with Gasteiger partial charge in [0.15, 0.2) is 0 Å². The molecular weight excluding hydrogens is 292 g/mol. The summed E-state index contributed by atoms with van der Waals surface area (Å²) in [5.74, 6) is -2.69. The molecule has 1 rings (SSSR count). The number of esters is 1. The average Bonchev–Trinajstić information content (AvgIpc) is 2.42. The zero-order valence-corrected chi connectivity index (χ0v) is 11.9. The van der Waals surface area contributed by atoms with Crippen LogP contribution in [0.3, 0.4) is 0 Å². The van der Waals surface area contributed by atoms with Crippen LogP contribution in [-0.4, -0.2) is 34.9 Å². The molecule has 1 aromatic carbocycles. The zero-order chi connectivity index (χ0) is 16.7. The van der Waals surface area contributed by atoms with Crippen molar-refractivity contribution < 1.29 is 29.0 Å². The largest absolute Gasteiger partial charge is 0.481 e. The first kappa shape index (κ1) is 17.2. The van der Waals surface area contributed by atoms with Crippen molar-refractivity contribution in [2.45, 2.75) is 25.8 Å². The molecule has 0 spiro atoms. The quantitative estimate of drug-likeness (QED) is 0.481. The Labute approximate surface area is 126 Å². The van der Waals surface area contributed by atoms with Crippen molar-refractivity contribution in [3.8, 4) is 5.75 Å². The van der Waals surface area contributed by atoms with E-state index in [9.17, 15) is 19.2 Å². The van der Waals surface area contributed by atoms with Gasteiger partial charge in [-0.1, -0.05) is 0 Å². The molecule has 1 atom stereocenters. The number of amides is 2. The summed E-state index contributed by atoms with van der Waals surface area (Å²) >= 11 is 0. The van der Waals surface area contributed by atoms with E-state index < -0.39 is 29.8 Å². The highest BCUT2D eigenvalue weighted by molar-refractivity contribution is 5.97. The maximum absolute atomic E-state index is 12.0. The van der Waals surface area contributed by atoms with Crippen LogP contribution in [0.25, 0.3) is 0 Å². The van der Waals surface area contributed by atoms with E-state index in [1.165, 1.54) is 31.2 Å². The minimum Gasteiger partial charge on any atom is -0.481 e. The standard InChI is InChI=1S/C14H16N2O6/c1-8(17)22-10-4-2-9(3-5-10)14(21)16-11(13(15)20)6-7-12(18)19/h2-5,11H,6-7H2,1H3,(H2,15,20)(H,16,21)(H,18,19)/t11-/m0/s1. The number of hydrogen-bond acceptors (Lipinski definition) is 5. The maximum atomic E-state index is 12.0. The van der Waals surface area contributed by atoms with Crippen LogP contribution in [0.4, 0.5) is 0 Å². The fraction of sp³-hybridized carbons (Fsp3) is 0.286. The van der Waals surface area contributed by atoms with Gasteiger partial charge in [-0.25, -0.2) is 0 Å². The topological polar surface area (TPSA) is 136 Å². The molecule has 0 heterocycles. The molecule has 0 aliphatic heterocycles. The SMILES string of the molecule is CC(=O)Oc1ccc(C(=O)N[C@@H](CCC(=O)O)C(N)=O)cc1. The number of rotatable bonds is 7. The summed E-state index contributed by atoms with van der Waals surface area (Å²) in [7, 11) is 0. The highest BCUT2D eigenvalue weighted by Crippen LogP contribution is 2.12. The number of nitrogens with one attached hydrogen (secondary N) is 1. The highest BCUT2D eigenvalue weighted by Gasteiger charge is 2.20. The Bertz CT molecular complexity index is 582. The second-order valence-electron chi connectivity index (χ2n) is 4.48. The van der Waals surface area contributed by atoms with Crippen molar-refractivity contribution in [2.75, 3.05) is 0 Å². The van der Waals surface area contributed by atoms with Gasteiger partial charge in [-0.15, -0.1) is 0 Å². The van der Waals surface area contributed by atoms with E-state index >= 15 is 0 Å². The van der Waals surface area contributed by atoms with Crippen LogP contribution >= 0.6 is 0 Å². The lowest BCUT2D eigenvalue weighted by Gasteiger charge is -2.14. The second-order valence-corrected chi connectivity index (χ2v) is 4.48. The molecule has 22 heavy (non-hydrogen) atoms. The van der Waals surface area contributed by atoms with E-state index in [1.54, 1.807) is 0 Å². The van der Waals surface area contributed by atoms with Crippen LogP contribution in [0.5, 0.6) is 5.75 Å². The molecule has 2 amide bonds. The molecule has 8 heteroatoms. The second kappa shape index (κ2) is 7.77. The first-order chi connectivity index (χ1) is 10.3. The molecule has 1 aromatic rings. The third kappa shape index (κ3) is 5.61. The summed E-state index contributed by atoms with van der Waals surface area (Å²) in [6.07, 6.45) is -0.388. The third-order valence-corrected chi connectivity index (χ3v) is 2.67. The van der Waals surface area contributed by atoms with Gasteiger partial charge < -0.3 is 20.9 Å². The Morgan fingerprint density at radius 3 is 2.27 bits per heavy atom. The van der Waals surface area contributed by atoms with Gasteiger partial charge >= 0.3 is 11.9 Å². The van der Waals surface area contributed by atoms with E-state index in [1.807, 2.05) is 0 Å². The number of carbonyl (C=O) groups excluding carboxylic acids is 3. The number of primary amides is 1. The molecule has 0 unspecified atom stereocenters. The number of aliphatic carboxylic acids is 1. The number of carbonyl (C=O) groups is 4. The van der Waals surface area contributed by atoms with Gasteiger partial charge in [-0.05, 0) is 30.7 Å². The Balaban J connectivity index is 2.71. The van der Waals surface area contributed by atoms with Crippen molar-refractivity contribution in [1.82, 2.24) is 5.32 Å². The lowest BCUT2D eigenvalue weighted by atomic mass is 10.1. The molecule has 8 nitrogen and oxygen atoms in total. The number of hydrogen-bond donors (Lipinski definition) is 3. The molecule has 0 saturated carbocycles. The van der Waals surface area contributed by atoms with Crippen LogP contribution in [0.1, 0.15) is 30.1 Å². The van der Waals surface area contributed by atoms with Crippen molar-refractivity contribution in [3.63, 3.8) is 0 Å².